The predicted octanol–water partition coefficient (Wildman–Crippen LogP) is 3.21. The second-order valence-corrected chi connectivity index (χ2v) is 7.27. The van der Waals surface area contributed by atoms with Crippen LogP contribution in [-0.4, -0.2) is 21.5 Å². The lowest BCUT2D eigenvalue weighted by Gasteiger charge is -2.09. The van der Waals surface area contributed by atoms with E-state index in [-0.39, 0.29) is 16.2 Å². The molecule has 0 aliphatic rings. The van der Waals surface area contributed by atoms with Gasteiger partial charge in [0, 0.05) is 4.47 Å². The van der Waals surface area contributed by atoms with Crippen molar-refractivity contribution < 1.29 is 17.9 Å². The largest absolute Gasteiger partial charge is 0.465 e. The molecule has 0 heterocycles. The Labute approximate surface area is 131 Å². The van der Waals surface area contributed by atoms with Gasteiger partial charge in [-0.1, -0.05) is 34.1 Å². The monoisotopic (exact) mass is 368 g/mol. The highest BCUT2D eigenvalue weighted by Gasteiger charge is 2.19. The Morgan fingerprint density at radius 3 is 2.33 bits per heavy atom. The highest BCUT2D eigenvalue weighted by atomic mass is 79.9. The van der Waals surface area contributed by atoms with Gasteiger partial charge in [0.05, 0.1) is 23.3 Å². The van der Waals surface area contributed by atoms with Crippen LogP contribution in [-0.2, 0) is 20.3 Å². The van der Waals surface area contributed by atoms with Crippen molar-refractivity contribution in [1.29, 1.82) is 0 Å². The minimum atomic E-state index is -3.52. The van der Waals surface area contributed by atoms with Crippen LogP contribution in [0.4, 0.5) is 0 Å². The number of halogens is 1. The number of hydrogen-bond acceptors (Lipinski definition) is 4. The lowest BCUT2D eigenvalue weighted by atomic mass is 10.1. The Morgan fingerprint density at radius 2 is 1.71 bits per heavy atom. The Bertz CT molecular complexity index is 751. The lowest BCUT2D eigenvalue weighted by Crippen LogP contribution is -2.11. The average molecular weight is 369 g/mol. The molecule has 4 nitrogen and oxygen atoms in total. The third-order valence-corrected chi connectivity index (χ3v) is 5.15. The van der Waals surface area contributed by atoms with Crippen LogP contribution in [0.15, 0.2) is 57.9 Å². The molecule has 2 rings (SSSR count). The maximum Gasteiger partial charge on any atom is 0.338 e. The number of carbonyl (C=O) groups excluding carboxylic acids is 1. The maximum atomic E-state index is 12.4. The van der Waals surface area contributed by atoms with E-state index in [4.69, 9.17) is 0 Å². The molecule has 0 bridgehead atoms. The highest BCUT2D eigenvalue weighted by molar-refractivity contribution is 9.10. The molecule has 2 aromatic rings. The number of rotatable bonds is 4. The molecule has 0 saturated heterocycles. The molecule has 0 amide bonds. The van der Waals surface area contributed by atoms with Crippen molar-refractivity contribution in [3.63, 3.8) is 0 Å². The van der Waals surface area contributed by atoms with Crippen molar-refractivity contribution in [2.24, 2.45) is 0 Å². The molecule has 6 heteroatoms. The summed E-state index contributed by atoms with van der Waals surface area (Å²) in [4.78, 5) is 11.9. The summed E-state index contributed by atoms with van der Waals surface area (Å²) in [5.41, 5.74) is 0.688. The van der Waals surface area contributed by atoms with Crippen molar-refractivity contribution in [3.8, 4) is 0 Å². The van der Waals surface area contributed by atoms with Gasteiger partial charge in [-0.3, -0.25) is 0 Å². The van der Waals surface area contributed by atoms with Gasteiger partial charge in [-0.2, -0.15) is 0 Å². The predicted molar refractivity (Wildman–Crippen MR) is 82.8 cm³/mol. The molecule has 0 aliphatic carbocycles. The molecule has 0 spiro atoms. The molecule has 0 atom stereocenters. The van der Waals surface area contributed by atoms with Crippen LogP contribution in [0.3, 0.4) is 0 Å². The molecule has 0 aliphatic heterocycles. The van der Waals surface area contributed by atoms with Gasteiger partial charge in [0.2, 0.25) is 0 Å². The fourth-order valence-corrected chi connectivity index (χ4v) is 3.53. The topological polar surface area (TPSA) is 60.4 Å². The normalized spacial score (nSPS) is 11.1. The van der Waals surface area contributed by atoms with E-state index in [0.717, 1.165) is 4.47 Å². The van der Waals surface area contributed by atoms with Crippen molar-refractivity contribution in [2.75, 3.05) is 7.11 Å². The summed E-state index contributed by atoms with van der Waals surface area (Å²) in [7, 11) is -2.26. The zero-order valence-corrected chi connectivity index (χ0v) is 13.6. The van der Waals surface area contributed by atoms with E-state index in [0.29, 0.717) is 5.56 Å². The van der Waals surface area contributed by atoms with Crippen molar-refractivity contribution in [2.45, 2.75) is 10.6 Å². The number of sulfone groups is 1. The zero-order chi connectivity index (χ0) is 15.5. The number of carbonyl (C=O) groups is 1. The summed E-state index contributed by atoms with van der Waals surface area (Å²) < 4.78 is 30.3. The molecule has 0 unspecified atom stereocenters. The number of ether oxygens (including phenoxy) is 1. The minimum Gasteiger partial charge on any atom is -0.465 e. The molecule has 0 fully saturated rings. The fourth-order valence-electron chi connectivity index (χ4n) is 1.89. The van der Waals surface area contributed by atoms with Gasteiger partial charge in [0.1, 0.15) is 0 Å². The maximum absolute atomic E-state index is 12.4. The summed E-state index contributed by atoms with van der Waals surface area (Å²) in [5, 5.41) is 0. The molecule has 0 saturated carbocycles. The third kappa shape index (κ3) is 3.71. The number of hydrogen-bond donors (Lipinski definition) is 0. The van der Waals surface area contributed by atoms with E-state index in [1.807, 2.05) is 0 Å². The number of benzene rings is 2. The molecular weight excluding hydrogens is 356 g/mol. The Morgan fingerprint density at radius 1 is 1.10 bits per heavy atom. The van der Waals surface area contributed by atoms with E-state index >= 15 is 0 Å². The second-order valence-electron chi connectivity index (χ2n) is 4.36. The van der Waals surface area contributed by atoms with Gasteiger partial charge >= 0.3 is 5.97 Å². The summed E-state index contributed by atoms with van der Waals surface area (Å²) in [6.07, 6.45) is 0. The van der Waals surface area contributed by atoms with E-state index in [1.54, 1.807) is 36.4 Å². The quantitative estimate of drug-likeness (QED) is 0.777. The first-order chi connectivity index (χ1) is 9.94. The molecule has 110 valence electrons. The van der Waals surface area contributed by atoms with Crippen LogP contribution < -0.4 is 0 Å². The fraction of sp³-hybridized carbons (Fsp3) is 0.133. The molecule has 2 aromatic carbocycles. The second kappa shape index (κ2) is 6.41. The summed E-state index contributed by atoms with van der Waals surface area (Å²) in [5.74, 6) is -0.795. The zero-order valence-electron chi connectivity index (χ0n) is 11.2. The summed E-state index contributed by atoms with van der Waals surface area (Å²) >= 11 is 3.26. The van der Waals surface area contributed by atoms with E-state index in [9.17, 15) is 13.2 Å². The molecule has 0 radical (unpaired) electrons. The van der Waals surface area contributed by atoms with E-state index in [2.05, 4.69) is 20.7 Å². The highest BCUT2D eigenvalue weighted by Crippen LogP contribution is 2.21. The Hall–Kier alpha value is -1.66. The minimum absolute atomic E-state index is 0.213. The average Bonchev–Trinajstić information content (AvgIpc) is 2.47. The van der Waals surface area contributed by atoms with Crippen LogP contribution >= 0.6 is 15.9 Å². The third-order valence-electron chi connectivity index (χ3n) is 2.94. The number of esters is 1. The molecule has 21 heavy (non-hydrogen) atoms. The van der Waals surface area contributed by atoms with Crippen LogP contribution in [0, 0.1) is 0 Å². The van der Waals surface area contributed by atoms with Gasteiger partial charge in [-0.15, -0.1) is 0 Å². The van der Waals surface area contributed by atoms with Crippen molar-refractivity contribution >= 4 is 31.7 Å². The lowest BCUT2D eigenvalue weighted by molar-refractivity contribution is 0.0600. The first-order valence-corrected chi connectivity index (χ1v) is 8.53. The van der Waals surface area contributed by atoms with Gasteiger partial charge in [-0.25, -0.2) is 13.2 Å². The van der Waals surface area contributed by atoms with E-state index in [1.165, 1.54) is 19.2 Å². The van der Waals surface area contributed by atoms with Gasteiger partial charge in [0.15, 0.2) is 9.84 Å². The van der Waals surface area contributed by atoms with E-state index < -0.39 is 15.8 Å². The first-order valence-electron chi connectivity index (χ1n) is 6.08. The molecule has 0 aromatic heterocycles. The molecular formula is C15H13BrO4S. The van der Waals surface area contributed by atoms with Gasteiger partial charge in [-0.05, 0) is 35.9 Å². The van der Waals surface area contributed by atoms with Crippen LogP contribution in [0.2, 0.25) is 0 Å². The first kappa shape index (κ1) is 15.7. The SMILES string of the molecule is COC(=O)c1ccccc1CS(=O)(=O)c1ccc(Br)cc1. The summed E-state index contributed by atoms with van der Waals surface area (Å²) in [6.45, 7) is 0. The summed E-state index contributed by atoms with van der Waals surface area (Å²) in [6, 6.07) is 12.9. The van der Waals surface area contributed by atoms with Crippen LogP contribution in [0.1, 0.15) is 15.9 Å². The Kier molecular flexibility index (Phi) is 4.80. The van der Waals surface area contributed by atoms with Gasteiger partial charge < -0.3 is 4.74 Å². The standard InChI is InChI=1S/C15H13BrO4S/c1-20-15(17)14-5-3-2-4-11(14)10-21(18,19)13-8-6-12(16)7-9-13/h2-9H,10H2,1H3. The van der Waals surface area contributed by atoms with Crippen LogP contribution in [0.5, 0.6) is 0 Å². The van der Waals surface area contributed by atoms with Crippen molar-refractivity contribution in [1.82, 2.24) is 0 Å². The van der Waals surface area contributed by atoms with Gasteiger partial charge in [0.25, 0.3) is 0 Å². The van der Waals surface area contributed by atoms with Crippen molar-refractivity contribution in [3.05, 3.63) is 64.1 Å². The number of methoxy groups -OCH3 is 1. The molecule has 0 N–H and O–H groups in total. The van der Waals surface area contributed by atoms with Crippen LogP contribution in [0.25, 0.3) is 0 Å². The Balaban J connectivity index is 2.37. The smallest absolute Gasteiger partial charge is 0.338 e.